The van der Waals surface area contributed by atoms with Crippen LogP contribution in [-0.2, 0) is 0 Å². The molecule has 0 aliphatic carbocycles. The third-order valence-electron chi connectivity index (χ3n) is 4.30. The number of hydrogen-bond donors (Lipinski definition) is 1. The van der Waals surface area contributed by atoms with E-state index in [9.17, 15) is 4.79 Å². The van der Waals surface area contributed by atoms with Crippen LogP contribution >= 0.6 is 15.9 Å². The van der Waals surface area contributed by atoms with E-state index in [0.717, 1.165) is 18.7 Å². The normalized spacial score (nSPS) is 17.2. The van der Waals surface area contributed by atoms with E-state index in [4.69, 9.17) is 10.5 Å². The van der Waals surface area contributed by atoms with Gasteiger partial charge >= 0.3 is 6.09 Å². The number of para-hydroxylation sites is 1. The van der Waals surface area contributed by atoms with Crippen LogP contribution in [0, 0.1) is 0 Å². The molecule has 0 spiro atoms. The number of hydrogen-bond acceptors (Lipinski definition) is 5. The molecule has 2 aromatic heterocycles. The van der Waals surface area contributed by atoms with Crippen LogP contribution in [0.3, 0.4) is 0 Å². The van der Waals surface area contributed by atoms with Crippen molar-refractivity contribution in [3.05, 3.63) is 53.2 Å². The Morgan fingerprint density at radius 1 is 1.32 bits per heavy atom. The quantitative estimate of drug-likeness (QED) is 0.710. The minimum Gasteiger partial charge on any atom is -0.410 e. The van der Waals surface area contributed by atoms with Crippen LogP contribution in [0.4, 0.5) is 10.6 Å². The summed E-state index contributed by atoms with van der Waals surface area (Å²) in [7, 11) is 0. The van der Waals surface area contributed by atoms with Gasteiger partial charge in [0, 0.05) is 18.9 Å². The molecule has 4 rings (SSSR count). The van der Waals surface area contributed by atoms with Gasteiger partial charge in [0.2, 0.25) is 0 Å². The third-order valence-corrected chi connectivity index (χ3v) is 4.85. The second kappa shape index (κ2) is 6.36. The standard InChI is InChI=1S/C17H16BrN5O2/c18-14-13-15(19)20-8-10-23(13)16(21-14)12-7-4-9-22(12)17(24)25-11-5-2-1-3-6-11/h1-3,5-6,8,10,12H,4,7,9H2,(H2,19,20)/t12-/m1/s1. The monoisotopic (exact) mass is 401 g/mol. The number of fused-ring (bicyclic) bond motifs is 1. The van der Waals surface area contributed by atoms with E-state index in [1.54, 1.807) is 29.4 Å². The van der Waals surface area contributed by atoms with Gasteiger partial charge in [-0.3, -0.25) is 9.30 Å². The summed E-state index contributed by atoms with van der Waals surface area (Å²) in [6.45, 7) is 0.628. The average molecular weight is 402 g/mol. The number of nitrogens with zero attached hydrogens (tertiary/aromatic N) is 4. The number of likely N-dealkylation sites (tertiary alicyclic amines) is 1. The first-order chi connectivity index (χ1) is 12.1. The molecule has 0 radical (unpaired) electrons. The Bertz CT molecular complexity index is 927. The summed E-state index contributed by atoms with van der Waals surface area (Å²) in [5.74, 6) is 1.67. The lowest BCUT2D eigenvalue weighted by atomic mass is 10.2. The molecule has 1 aliphatic heterocycles. The summed E-state index contributed by atoms with van der Waals surface area (Å²) >= 11 is 3.44. The molecule has 0 saturated carbocycles. The number of nitrogen functional groups attached to an aromatic ring is 1. The number of rotatable bonds is 2. The molecule has 1 fully saturated rings. The average Bonchev–Trinajstić information content (AvgIpc) is 3.21. The van der Waals surface area contributed by atoms with Gasteiger partial charge in [-0.05, 0) is 40.9 Å². The number of benzene rings is 1. The Morgan fingerprint density at radius 2 is 2.12 bits per heavy atom. The summed E-state index contributed by atoms with van der Waals surface area (Å²) < 4.78 is 8.00. The van der Waals surface area contributed by atoms with Gasteiger partial charge < -0.3 is 10.5 Å². The maximum Gasteiger partial charge on any atom is 0.415 e. The summed E-state index contributed by atoms with van der Waals surface area (Å²) in [6, 6.07) is 8.89. The van der Waals surface area contributed by atoms with Gasteiger partial charge in [0.25, 0.3) is 0 Å². The summed E-state index contributed by atoms with van der Waals surface area (Å²) in [5.41, 5.74) is 6.67. The topological polar surface area (TPSA) is 85.8 Å². The molecular weight excluding hydrogens is 386 g/mol. The van der Waals surface area contributed by atoms with Crippen LogP contribution in [0.25, 0.3) is 5.52 Å². The van der Waals surface area contributed by atoms with Gasteiger partial charge in [-0.15, -0.1) is 0 Å². The summed E-state index contributed by atoms with van der Waals surface area (Å²) in [6.07, 6.45) is 4.77. The van der Waals surface area contributed by atoms with Crippen LogP contribution in [-0.4, -0.2) is 31.9 Å². The fourth-order valence-electron chi connectivity index (χ4n) is 3.18. The lowest BCUT2D eigenvalue weighted by Crippen LogP contribution is -2.33. The molecule has 128 valence electrons. The Kier molecular flexibility index (Phi) is 4.04. The van der Waals surface area contributed by atoms with Crippen molar-refractivity contribution in [2.75, 3.05) is 12.3 Å². The Balaban J connectivity index is 1.66. The first-order valence-electron chi connectivity index (χ1n) is 7.96. The zero-order valence-electron chi connectivity index (χ0n) is 13.3. The largest absolute Gasteiger partial charge is 0.415 e. The van der Waals surface area contributed by atoms with E-state index in [-0.39, 0.29) is 12.1 Å². The van der Waals surface area contributed by atoms with E-state index in [0.29, 0.717) is 28.2 Å². The number of carbonyl (C=O) groups is 1. The highest BCUT2D eigenvalue weighted by atomic mass is 79.9. The number of nitrogens with two attached hydrogens (primary N) is 1. The van der Waals surface area contributed by atoms with Crippen molar-refractivity contribution in [2.45, 2.75) is 18.9 Å². The molecule has 3 heterocycles. The highest BCUT2D eigenvalue weighted by Gasteiger charge is 2.35. The van der Waals surface area contributed by atoms with Crippen molar-refractivity contribution < 1.29 is 9.53 Å². The minimum absolute atomic E-state index is 0.170. The molecule has 3 aromatic rings. The van der Waals surface area contributed by atoms with E-state index < -0.39 is 0 Å². The van der Waals surface area contributed by atoms with Gasteiger partial charge in [0.15, 0.2) is 5.82 Å². The molecule has 25 heavy (non-hydrogen) atoms. The van der Waals surface area contributed by atoms with Gasteiger partial charge in [-0.25, -0.2) is 14.8 Å². The number of aromatic nitrogens is 3. The second-order valence-electron chi connectivity index (χ2n) is 5.82. The van der Waals surface area contributed by atoms with Crippen molar-refractivity contribution in [1.82, 2.24) is 19.3 Å². The maximum atomic E-state index is 12.6. The predicted octanol–water partition coefficient (Wildman–Crippen LogP) is 3.41. The molecule has 0 unspecified atom stereocenters. The Hall–Kier alpha value is -2.61. The SMILES string of the molecule is Nc1nccn2c([C@H]3CCCN3C(=O)Oc3ccccc3)nc(Br)c12. The summed E-state index contributed by atoms with van der Waals surface area (Å²) in [4.78, 5) is 23.0. The van der Waals surface area contributed by atoms with E-state index in [2.05, 4.69) is 25.9 Å². The smallest absolute Gasteiger partial charge is 0.410 e. The first-order valence-corrected chi connectivity index (χ1v) is 8.76. The van der Waals surface area contributed by atoms with Crippen molar-refractivity contribution in [2.24, 2.45) is 0 Å². The van der Waals surface area contributed by atoms with Crippen LogP contribution in [0.5, 0.6) is 5.75 Å². The fourth-order valence-corrected chi connectivity index (χ4v) is 3.76. The zero-order valence-corrected chi connectivity index (χ0v) is 14.9. The van der Waals surface area contributed by atoms with Gasteiger partial charge in [-0.1, -0.05) is 18.2 Å². The third kappa shape index (κ3) is 2.82. The maximum absolute atomic E-state index is 12.6. The van der Waals surface area contributed by atoms with Crippen molar-refractivity contribution >= 4 is 33.4 Å². The van der Waals surface area contributed by atoms with Gasteiger partial charge in [0.1, 0.15) is 21.7 Å². The lowest BCUT2D eigenvalue weighted by molar-refractivity contribution is 0.145. The minimum atomic E-state index is -0.372. The molecular formula is C17H16BrN5O2. The molecule has 7 nitrogen and oxygen atoms in total. The van der Waals surface area contributed by atoms with Crippen LogP contribution in [0.15, 0.2) is 47.3 Å². The molecule has 8 heteroatoms. The molecule has 2 N–H and O–H groups in total. The summed E-state index contributed by atoms with van der Waals surface area (Å²) in [5, 5.41) is 0. The zero-order chi connectivity index (χ0) is 17.4. The van der Waals surface area contributed by atoms with Gasteiger partial charge in [0.05, 0.1) is 6.04 Å². The molecule has 1 atom stereocenters. The molecule has 1 amide bonds. The van der Waals surface area contributed by atoms with E-state index in [1.165, 1.54) is 0 Å². The number of imidazole rings is 1. The Labute approximate surface area is 152 Å². The molecule has 1 saturated heterocycles. The number of amides is 1. The van der Waals surface area contributed by atoms with Crippen LogP contribution < -0.4 is 10.5 Å². The number of ether oxygens (including phenoxy) is 1. The number of anilines is 1. The molecule has 0 bridgehead atoms. The van der Waals surface area contributed by atoms with Crippen LogP contribution in [0.1, 0.15) is 24.7 Å². The predicted molar refractivity (Wildman–Crippen MR) is 96.2 cm³/mol. The Morgan fingerprint density at radius 3 is 2.92 bits per heavy atom. The number of halogens is 1. The van der Waals surface area contributed by atoms with Gasteiger partial charge in [-0.2, -0.15) is 0 Å². The van der Waals surface area contributed by atoms with E-state index in [1.807, 2.05) is 22.6 Å². The van der Waals surface area contributed by atoms with Crippen molar-refractivity contribution in [3.8, 4) is 5.75 Å². The second-order valence-corrected chi connectivity index (χ2v) is 6.58. The fraction of sp³-hybridized carbons (Fsp3) is 0.235. The van der Waals surface area contributed by atoms with Crippen molar-refractivity contribution in [1.29, 1.82) is 0 Å². The van der Waals surface area contributed by atoms with E-state index >= 15 is 0 Å². The van der Waals surface area contributed by atoms with Crippen LogP contribution in [0.2, 0.25) is 0 Å². The highest BCUT2D eigenvalue weighted by molar-refractivity contribution is 9.10. The lowest BCUT2D eigenvalue weighted by Gasteiger charge is -2.23. The number of carbonyl (C=O) groups excluding carboxylic acids is 1. The molecule has 1 aliphatic rings. The first kappa shape index (κ1) is 15.9. The molecule has 1 aromatic carbocycles. The highest BCUT2D eigenvalue weighted by Crippen LogP contribution is 2.35. The van der Waals surface area contributed by atoms with Crippen molar-refractivity contribution in [3.63, 3.8) is 0 Å².